The van der Waals surface area contributed by atoms with Crippen LogP contribution in [0.5, 0.6) is 0 Å². The molecule has 2 atom stereocenters. The Morgan fingerprint density at radius 1 is 1.56 bits per heavy atom. The molecule has 3 N–H and O–H groups in total. The largest absolute Gasteiger partial charge is 0.385 e. The molecule has 0 radical (unpaired) electrons. The van der Waals surface area contributed by atoms with Gasteiger partial charge >= 0.3 is 0 Å². The smallest absolute Gasteiger partial charge is 0.244 e. The molecule has 1 saturated heterocycles. The number of aryl methyl sites for hydroxylation is 1. The fourth-order valence-corrected chi connectivity index (χ4v) is 2.36. The number of ether oxygens (including phenoxy) is 1. The number of aromatic nitrogens is 3. The van der Waals surface area contributed by atoms with Gasteiger partial charge in [-0.1, -0.05) is 0 Å². The molecule has 1 aliphatic rings. The molecular formula is C12H23N5O. The summed E-state index contributed by atoms with van der Waals surface area (Å²) in [6.07, 6.45) is 4.02. The number of methoxy groups -OCH3 is 1. The Bertz CT molecular complexity index is 367. The van der Waals surface area contributed by atoms with Crippen LogP contribution in [0.4, 0.5) is 5.95 Å². The van der Waals surface area contributed by atoms with Gasteiger partial charge in [-0.2, -0.15) is 4.98 Å². The highest BCUT2D eigenvalue weighted by molar-refractivity contribution is 5.32. The Balaban J connectivity index is 1.96. The lowest BCUT2D eigenvalue weighted by atomic mass is 9.99. The van der Waals surface area contributed by atoms with Crippen LogP contribution in [-0.4, -0.2) is 47.5 Å². The SMILES string of the molecule is COCCCc1nc(N2CCCC(N)C2C)n[nH]1. The van der Waals surface area contributed by atoms with Crippen LogP contribution in [0.15, 0.2) is 0 Å². The molecule has 0 aliphatic carbocycles. The maximum atomic E-state index is 6.09. The fourth-order valence-electron chi connectivity index (χ4n) is 2.36. The first-order valence-corrected chi connectivity index (χ1v) is 6.65. The highest BCUT2D eigenvalue weighted by atomic mass is 16.5. The van der Waals surface area contributed by atoms with Gasteiger partial charge < -0.3 is 15.4 Å². The van der Waals surface area contributed by atoms with E-state index in [2.05, 4.69) is 27.0 Å². The van der Waals surface area contributed by atoms with Gasteiger partial charge in [0, 0.05) is 38.8 Å². The second kappa shape index (κ2) is 6.15. The van der Waals surface area contributed by atoms with Crippen molar-refractivity contribution in [2.45, 2.75) is 44.7 Å². The van der Waals surface area contributed by atoms with Crippen molar-refractivity contribution in [1.29, 1.82) is 0 Å². The second-order valence-corrected chi connectivity index (χ2v) is 4.92. The van der Waals surface area contributed by atoms with Crippen molar-refractivity contribution in [2.24, 2.45) is 5.73 Å². The average molecular weight is 253 g/mol. The van der Waals surface area contributed by atoms with E-state index in [1.165, 1.54) is 0 Å². The summed E-state index contributed by atoms with van der Waals surface area (Å²) in [6.45, 7) is 3.88. The first-order valence-electron chi connectivity index (χ1n) is 6.65. The number of hydrogen-bond donors (Lipinski definition) is 2. The summed E-state index contributed by atoms with van der Waals surface area (Å²) in [5.41, 5.74) is 6.09. The predicted octanol–water partition coefficient (Wildman–Crippen LogP) is 0.700. The number of rotatable bonds is 5. The minimum Gasteiger partial charge on any atom is -0.385 e. The lowest BCUT2D eigenvalue weighted by Crippen LogP contribution is -2.50. The van der Waals surface area contributed by atoms with E-state index in [4.69, 9.17) is 10.5 Å². The van der Waals surface area contributed by atoms with E-state index in [0.29, 0.717) is 6.04 Å². The molecule has 2 heterocycles. The van der Waals surface area contributed by atoms with Gasteiger partial charge in [-0.05, 0) is 26.2 Å². The Morgan fingerprint density at radius 3 is 3.17 bits per heavy atom. The van der Waals surface area contributed by atoms with E-state index < -0.39 is 0 Å². The molecule has 1 aromatic heterocycles. The molecule has 6 heteroatoms. The maximum Gasteiger partial charge on any atom is 0.244 e. The third kappa shape index (κ3) is 3.00. The van der Waals surface area contributed by atoms with Crippen LogP contribution in [0, 0.1) is 0 Å². The van der Waals surface area contributed by atoms with Crippen molar-refractivity contribution >= 4 is 5.95 Å². The first-order chi connectivity index (χ1) is 8.72. The van der Waals surface area contributed by atoms with Gasteiger partial charge in [-0.15, -0.1) is 5.10 Å². The van der Waals surface area contributed by atoms with Crippen LogP contribution in [0.25, 0.3) is 0 Å². The molecule has 0 aromatic carbocycles. The number of aromatic amines is 1. The molecule has 0 saturated carbocycles. The van der Waals surface area contributed by atoms with Gasteiger partial charge in [0.05, 0.1) is 0 Å². The zero-order valence-corrected chi connectivity index (χ0v) is 11.2. The van der Waals surface area contributed by atoms with Gasteiger partial charge in [0.15, 0.2) is 0 Å². The third-order valence-corrected chi connectivity index (χ3v) is 3.59. The minimum atomic E-state index is 0.217. The lowest BCUT2D eigenvalue weighted by Gasteiger charge is -2.36. The van der Waals surface area contributed by atoms with E-state index in [-0.39, 0.29) is 6.04 Å². The maximum absolute atomic E-state index is 6.09. The van der Waals surface area contributed by atoms with Gasteiger partial charge in [-0.25, -0.2) is 0 Å². The van der Waals surface area contributed by atoms with Crippen molar-refractivity contribution in [3.63, 3.8) is 0 Å². The van der Waals surface area contributed by atoms with Crippen molar-refractivity contribution < 1.29 is 4.74 Å². The highest BCUT2D eigenvalue weighted by Crippen LogP contribution is 2.20. The topological polar surface area (TPSA) is 80.1 Å². The average Bonchev–Trinajstić information content (AvgIpc) is 2.82. The molecule has 18 heavy (non-hydrogen) atoms. The summed E-state index contributed by atoms with van der Waals surface area (Å²) in [4.78, 5) is 6.74. The standard InChI is InChI=1S/C12H23N5O/c1-9-10(13)5-3-7-17(9)12-14-11(15-16-12)6-4-8-18-2/h9-10H,3-8,13H2,1-2H3,(H,14,15,16). The van der Waals surface area contributed by atoms with E-state index in [1.54, 1.807) is 7.11 Å². The molecule has 2 unspecified atom stereocenters. The summed E-state index contributed by atoms with van der Waals surface area (Å²) in [6, 6.07) is 0.524. The quantitative estimate of drug-likeness (QED) is 0.755. The number of anilines is 1. The number of hydrogen-bond acceptors (Lipinski definition) is 5. The Labute approximate surface area is 108 Å². The zero-order chi connectivity index (χ0) is 13.0. The molecule has 1 aromatic rings. The van der Waals surface area contributed by atoms with Crippen LogP contribution in [-0.2, 0) is 11.2 Å². The first kappa shape index (κ1) is 13.3. The molecular weight excluding hydrogens is 230 g/mol. The van der Waals surface area contributed by atoms with Crippen LogP contribution in [0.3, 0.4) is 0 Å². The summed E-state index contributed by atoms with van der Waals surface area (Å²) < 4.78 is 5.03. The van der Waals surface area contributed by atoms with Crippen molar-refractivity contribution in [1.82, 2.24) is 15.2 Å². The number of nitrogens with two attached hydrogens (primary N) is 1. The summed E-state index contributed by atoms with van der Waals surface area (Å²) in [5, 5.41) is 7.30. The van der Waals surface area contributed by atoms with E-state index in [1.807, 2.05) is 0 Å². The van der Waals surface area contributed by atoms with E-state index in [9.17, 15) is 0 Å². The number of nitrogens with one attached hydrogen (secondary N) is 1. The summed E-state index contributed by atoms with van der Waals surface area (Å²) in [5.74, 6) is 1.71. The third-order valence-electron chi connectivity index (χ3n) is 3.59. The Morgan fingerprint density at radius 2 is 2.39 bits per heavy atom. The van der Waals surface area contributed by atoms with Gasteiger partial charge in [0.1, 0.15) is 5.82 Å². The molecule has 0 amide bonds. The zero-order valence-electron chi connectivity index (χ0n) is 11.2. The van der Waals surface area contributed by atoms with E-state index >= 15 is 0 Å². The number of nitrogens with zero attached hydrogens (tertiary/aromatic N) is 3. The summed E-state index contributed by atoms with van der Waals surface area (Å²) >= 11 is 0. The summed E-state index contributed by atoms with van der Waals surface area (Å²) in [7, 11) is 1.71. The van der Waals surface area contributed by atoms with Crippen molar-refractivity contribution in [3.8, 4) is 0 Å². The molecule has 102 valence electrons. The second-order valence-electron chi connectivity index (χ2n) is 4.92. The Hall–Kier alpha value is -1.14. The highest BCUT2D eigenvalue weighted by Gasteiger charge is 2.27. The molecule has 0 bridgehead atoms. The van der Waals surface area contributed by atoms with Crippen molar-refractivity contribution in [3.05, 3.63) is 5.82 Å². The van der Waals surface area contributed by atoms with Crippen LogP contribution in [0.1, 0.15) is 32.0 Å². The van der Waals surface area contributed by atoms with Gasteiger partial charge in [0.2, 0.25) is 5.95 Å². The fraction of sp³-hybridized carbons (Fsp3) is 0.833. The van der Waals surface area contributed by atoms with Gasteiger partial charge in [-0.3, -0.25) is 5.10 Å². The van der Waals surface area contributed by atoms with Crippen LogP contribution >= 0.6 is 0 Å². The molecule has 0 spiro atoms. The minimum absolute atomic E-state index is 0.217. The van der Waals surface area contributed by atoms with Gasteiger partial charge in [0.25, 0.3) is 0 Å². The predicted molar refractivity (Wildman–Crippen MR) is 70.6 cm³/mol. The molecule has 2 rings (SSSR count). The van der Waals surface area contributed by atoms with Crippen molar-refractivity contribution in [2.75, 3.05) is 25.2 Å². The van der Waals surface area contributed by atoms with Crippen LogP contribution in [0.2, 0.25) is 0 Å². The number of piperidine rings is 1. The molecule has 1 fully saturated rings. The molecule has 6 nitrogen and oxygen atoms in total. The van der Waals surface area contributed by atoms with E-state index in [0.717, 1.165) is 50.6 Å². The van der Waals surface area contributed by atoms with Crippen LogP contribution < -0.4 is 10.6 Å². The lowest BCUT2D eigenvalue weighted by molar-refractivity contribution is 0.194. The normalized spacial score (nSPS) is 24.5. The number of H-pyrrole nitrogens is 1. The Kier molecular flexibility index (Phi) is 4.54. The monoisotopic (exact) mass is 253 g/mol. The molecule has 1 aliphatic heterocycles.